The molecular weight excluding hydrogens is 280 g/mol. The largest absolute Gasteiger partial charge is 0.449 e. The van der Waals surface area contributed by atoms with Gasteiger partial charge in [-0.3, -0.25) is 0 Å². The fourth-order valence-electron chi connectivity index (χ4n) is 1.86. The van der Waals surface area contributed by atoms with Crippen LogP contribution in [0.25, 0.3) is 6.08 Å². The monoisotopic (exact) mass is 300 g/mol. The summed E-state index contributed by atoms with van der Waals surface area (Å²) in [5.41, 5.74) is 2.12. The highest BCUT2D eigenvalue weighted by Gasteiger charge is 2.17. The molecule has 1 aromatic carbocycles. The lowest BCUT2D eigenvalue weighted by molar-refractivity contribution is -0.143. The lowest BCUT2D eigenvalue weighted by Gasteiger charge is -2.06. The van der Waals surface area contributed by atoms with E-state index >= 15 is 0 Å². The van der Waals surface area contributed by atoms with Gasteiger partial charge in [-0.25, -0.2) is 4.79 Å². The third-order valence-electron chi connectivity index (χ3n) is 3.09. The minimum absolute atomic E-state index is 0.320. The van der Waals surface area contributed by atoms with E-state index < -0.39 is 12.1 Å². The summed E-state index contributed by atoms with van der Waals surface area (Å²) in [7, 11) is 0. The van der Waals surface area contributed by atoms with Gasteiger partial charge in [0.15, 0.2) is 11.9 Å². The number of ether oxygens (including phenoxy) is 1. The lowest BCUT2D eigenvalue weighted by atomic mass is 10.1. The minimum atomic E-state index is -0.562. The molecule has 0 aliphatic carbocycles. The normalized spacial score (nSPS) is 12.5. The fourth-order valence-corrected chi connectivity index (χ4v) is 1.86. The smallest absolute Gasteiger partial charge is 0.331 e. The van der Waals surface area contributed by atoms with E-state index in [1.807, 2.05) is 38.1 Å². The van der Waals surface area contributed by atoms with E-state index in [2.05, 4.69) is 10.1 Å². The first kappa shape index (κ1) is 15.9. The summed E-state index contributed by atoms with van der Waals surface area (Å²) in [5.74, 6) is 0.513. The molecule has 0 N–H and O–H groups in total. The van der Waals surface area contributed by atoms with Gasteiger partial charge in [0.2, 0.25) is 0 Å². The zero-order valence-corrected chi connectivity index (χ0v) is 13.1. The maximum absolute atomic E-state index is 11.8. The molecule has 0 radical (unpaired) electrons. The summed E-state index contributed by atoms with van der Waals surface area (Å²) in [4.78, 5) is 16.0. The first-order chi connectivity index (χ1) is 10.6. The summed E-state index contributed by atoms with van der Waals surface area (Å²) >= 11 is 0. The second-order valence-corrected chi connectivity index (χ2v) is 5.12. The number of carbonyl (C=O) groups is 1. The van der Waals surface area contributed by atoms with Crippen LogP contribution in [0.1, 0.15) is 49.2 Å². The quantitative estimate of drug-likeness (QED) is 0.602. The van der Waals surface area contributed by atoms with Crippen molar-refractivity contribution < 1.29 is 14.1 Å². The van der Waals surface area contributed by atoms with Crippen molar-refractivity contribution in [1.82, 2.24) is 10.1 Å². The average molecular weight is 300 g/mol. The molecule has 0 amide bonds. The maximum Gasteiger partial charge on any atom is 0.331 e. The summed E-state index contributed by atoms with van der Waals surface area (Å²) in [6.07, 6.45) is 4.23. The van der Waals surface area contributed by atoms with E-state index in [1.54, 1.807) is 13.0 Å². The van der Waals surface area contributed by atoms with Gasteiger partial charge < -0.3 is 9.26 Å². The highest BCUT2D eigenvalue weighted by molar-refractivity contribution is 5.87. The molecule has 1 heterocycles. The Morgan fingerprint density at radius 2 is 2.09 bits per heavy atom. The van der Waals surface area contributed by atoms with Crippen molar-refractivity contribution in [1.29, 1.82) is 0 Å². The zero-order valence-electron chi connectivity index (χ0n) is 13.1. The Hall–Kier alpha value is -2.43. The molecule has 0 saturated carbocycles. The number of hydrogen-bond acceptors (Lipinski definition) is 5. The Morgan fingerprint density at radius 3 is 2.77 bits per heavy atom. The van der Waals surface area contributed by atoms with Gasteiger partial charge in [-0.1, -0.05) is 41.9 Å². The fraction of sp³-hybridized carbons (Fsp3) is 0.353. The molecule has 0 aliphatic rings. The van der Waals surface area contributed by atoms with Crippen molar-refractivity contribution in [2.75, 3.05) is 0 Å². The molecule has 1 unspecified atom stereocenters. The Bertz CT molecular complexity index is 644. The van der Waals surface area contributed by atoms with Crippen LogP contribution in [-0.4, -0.2) is 16.1 Å². The third kappa shape index (κ3) is 4.55. The molecule has 5 nitrogen and oxygen atoms in total. The molecule has 0 aliphatic heterocycles. The number of aromatic nitrogens is 2. The van der Waals surface area contributed by atoms with E-state index in [9.17, 15) is 4.79 Å². The van der Waals surface area contributed by atoms with Gasteiger partial charge in [0.25, 0.3) is 5.89 Å². The molecular formula is C17H20N2O3. The lowest BCUT2D eigenvalue weighted by Crippen LogP contribution is -2.06. The summed E-state index contributed by atoms with van der Waals surface area (Å²) in [6, 6.07) is 7.86. The first-order valence-corrected chi connectivity index (χ1v) is 7.36. The van der Waals surface area contributed by atoms with Crippen LogP contribution in [0.5, 0.6) is 0 Å². The molecule has 1 atom stereocenters. The molecule has 5 heteroatoms. The number of carbonyl (C=O) groups excluding carboxylic acids is 1. The average Bonchev–Trinajstić information content (AvgIpc) is 2.96. The molecule has 0 spiro atoms. The highest BCUT2D eigenvalue weighted by atomic mass is 16.6. The van der Waals surface area contributed by atoms with E-state index in [4.69, 9.17) is 9.26 Å². The Labute approximate surface area is 130 Å². The number of rotatable bonds is 6. The molecule has 0 saturated heterocycles. The number of hydrogen-bond donors (Lipinski definition) is 0. The van der Waals surface area contributed by atoms with E-state index in [0.717, 1.165) is 18.4 Å². The Morgan fingerprint density at radius 1 is 1.36 bits per heavy atom. The Balaban J connectivity index is 1.91. The second kappa shape index (κ2) is 7.54. The SMILES string of the molecule is CCCc1noc(C(C)OC(=O)/C=C/c2ccc(C)cc2)n1. The topological polar surface area (TPSA) is 65.2 Å². The molecule has 1 aromatic heterocycles. The predicted octanol–water partition coefficient (Wildman–Crippen LogP) is 3.65. The van der Waals surface area contributed by atoms with Crippen LogP contribution in [0, 0.1) is 6.92 Å². The van der Waals surface area contributed by atoms with Gasteiger partial charge in [-0.05, 0) is 31.9 Å². The van der Waals surface area contributed by atoms with E-state index in [1.165, 1.54) is 11.6 Å². The van der Waals surface area contributed by atoms with E-state index in [-0.39, 0.29) is 0 Å². The van der Waals surface area contributed by atoms with Crippen molar-refractivity contribution in [3.8, 4) is 0 Å². The third-order valence-corrected chi connectivity index (χ3v) is 3.09. The zero-order chi connectivity index (χ0) is 15.9. The van der Waals surface area contributed by atoms with Gasteiger partial charge >= 0.3 is 5.97 Å². The summed E-state index contributed by atoms with van der Waals surface area (Å²) < 4.78 is 10.3. The van der Waals surface area contributed by atoms with Crippen molar-refractivity contribution >= 4 is 12.0 Å². The second-order valence-electron chi connectivity index (χ2n) is 5.12. The van der Waals surface area contributed by atoms with Crippen LogP contribution in [0.3, 0.4) is 0 Å². The van der Waals surface area contributed by atoms with Gasteiger partial charge in [0.1, 0.15) is 0 Å². The van der Waals surface area contributed by atoms with Gasteiger partial charge in [0.05, 0.1) is 0 Å². The first-order valence-electron chi connectivity index (χ1n) is 7.36. The van der Waals surface area contributed by atoms with E-state index in [0.29, 0.717) is 11.7 Å². The van der Waals surface area contributed by atoms with Crippen molar-refractivity contribution in [2.24, 2.45) is 0 Å². The summed E-state index contributed by atoms with van der Waals surface area (Å²) in [6.45, 7) is 5.76. The standard InChI is InChI=1S/C17H20N2O3/c1-4-5-15-18-17(22-19-15)13(3)21-16(20)11-10-14-8-6-12(2)7-9-14/h6-11,13H,4-5H2,1-3H3/b11-10+. The number of nitrogens with zero attached hydrogens (tertiary/aromatic N) is 2. The molecule has 22 heavy (non-hydrogen) atoms. The van der Waals surface area contributed by atoms with Crippen molar-refractivity contribution in [3.05, 3.63) is 53.2 Å². The van der Waals surface area contributed by atoms with Gasteiger partial charge in [-0.2, -0.15) is 4.98 Å². The highest BCUT2D eigenvalue weighted by Crippen LogP contribution is 2.15. The molecule has 0 bridgehead atoms. The summed E-state index contributed by atoms with van der Waals surface area (Å²) in [5, 5.41) is 3.84. The molecule has 2 aromatic rings. The van der Waals surface area contributed by atoms with Crippen molar-refractivity contribution in [2.45, 2.75) is 39.7 Å². The van der Waals surface area contributed by atoms with Crippen LogP contribution >= 0.6 is 0 Å². The van der Waals surface area contributed by atoms with Gasteiger partial charge in [-0.15, -0.1) is 0 Å². The van der Waals surface area contributed by atoms with Crippen LogP contribution in [0.15, 0.2) is 34.9 Å². The molecule has 2 rings (SSSR count). The van der Waals surface area contributed by atoms with Crippen LogP contribution < -0.4 is 0 Å². The van der Waals surface area contributed by atoms with Crippen LogP contribution in [0.4, 0.5) is 0 Å². The van der Waals surface area contributed by atoms with Crippen LogP contribution in [0.2, 0.25) is 0 Å². The van der Waals surface area contributed by atoms with Crippen LogP contribution in [-0.2, 0) is 16.0 Å². The predicted molar refractivity (Wildman–Crippen MR) is 83.0 cm³/mol. The molecule has 0 fully saturated rings. The Kier molecular flexibility index (Phi) is 5.47. The number of esters is 1. The minimum Gasteiger partial charge on any atom is -0.449 e. The maximum atomic E-state index is 11.8. The van der Waals surface area contributed by atoms with Gasteiger partial charge in [0, 0.05) is 12.5 Å². The number of aryl methyl sites for hydroxylation is 2. The molecule has 116 valence electrons. The number of benzene rings is 1. The van der Waals surface area contributed by atoms with Crippen molar-refractivity contribution in [3.63, 3.8) is 0 Å².